The van der Waals surface area contributed by atoms with Crippen molar-refractivity contribution in [2.45, 2.75) is 57.2 Å². The van der Waals surface area contributed by atoms with Gasteiger partial charge in [-0.15, -0.1) is 0 Å². The molecule has 0 radical (unpaired) electrons. The molecule has 2 amide bonds. The predicted molar refractivity (Wildman–Crippen MR) is 156 cm³/mol. The standard InChI is InChI=1S/C33H36F2N4O2/c1-21(17-24(34)19-36-29(40)18-23-20-39(3)28-12-8-7-11-25(23)28)32(41)38-30(22-9-5-4-6-10-22)27-14-13-26(31(35)37-27)33(2)15-16-33/h4-14,20-21,24,30H,15-19H2,1-3H3,(H,36,40)(H,38,41)/t21-,24+,30-/m0/s1. The van der Waals surface area contributed by atoms with Gasteiger partial charge in [0.25, 0.3) is 0 Å². The number of amides is 2. The van der Waals surface area contributed by atoms with E-state index < -0.39 is 24.1 Å². The summed E-state index contributed by atoms with van der Waals surface area (Å²) in [4.78, 5) is 30.0. The van der Waals surface area contributed by atoms with E-state index >= 15 is 0 Å². The second-order valence-corrected chi connectivity index (χ2v) is 11.5. The van der Waals surface area contributed by atoms with E-state index in [1.165, 1.54) is 0 Å². The summed E-state index contributed by atoms with van der Waals surface area (Å²) in [6.07, 6.45) is 2.43. The van der Waals surface area contributed by atoms with Crippen molar-refractivity contribution in [2.24, 2.45) is 13.0 Å². The van der Waals surface area contributed by atoms with Gasteiger partial charge in [0.1, 0.15) is 6.17 Å². The van der Waals surface area contributed by atoms with E-state index in [9.17, 15) is 18.4 Å². The number of hydrogen-bond acceptors (Lipinski definition) is 3. The van der Waals surface area contributed by atoms with Crippen molar-refractivity contribution in [1.29, 1.82) is 0 Å². The fourth-order valence-corrected chi connectivity index (χ4v) is 5.37. The first kappa shape index (κ1) is 28.5. The van der Waals surface area contributed by atoms with Gasteiger partial charge >= 0.3 is 0 Å². The monoisotopic (exact) mass is 558 g/mol. The fraction of sp³-hybridized carbons (Fsp3) is 0.364. The molecule has 1 fully saturated rings. The molecular weight excluding hydrogens is 522 g/mol. The number of aryl methyl sites for hydroxylation is 1. The van der Waals surface area contributed by atoms with E-state index in [4.69, 9.17) is 0 Å². The number of nitrogens with zero attached hydrogens (tertiary/aromatic N) is 2. The van der Waals surface area contributed by atoms with Crippen LogP contribution in [0.2, 0.25) is 0 Å². The number of pyridine rings is 1. The van der Waals surface area contributed by atoms with Gasteiger partial charge in [0.2, 0.25) is 17.8 Å². The molecule has 2 heterocycles. The highest BCUT2D eigenvalue weighted by Crippen LogP contribution is 2.48. The van der Waals surface area contributed by atoms with Gasteiger partial charge in [-0.25, -0.2) is 9.37 Å². The maximum atomic E-state index is 15.0. The van der Waals surface area contributed by atoms with Crippen LogP contribution in [0, 0.1) is 11.9 Å². The van der Waals surface area contributed by atoms with Gasteiger partial charge in [-0.05, 0) is 47.9 Å². The third kappa shape index (κ3) is 6.47. The molecule has 0 bridgehead atoms. The lowest BCUT2D eigenvalue weighted by atomic mass is 9.96. The lowest BCUT2D eigenvalue weighted by Crippen LogP contribution is -2.37. The minimum Gasteiger partial charge on any atom is -0.353 e. The van der Waals surface area contributed by atoms with Crippen molar-refractivity contribution in [3.63, 3.8) is 0 Å². The molecule has 2 aromatic carbocycles. The summed E-state index contributed by atoms with van der Waals surface area (Å²) in [5.41, 5.74) is 3.47. The van der Waals surface area contributed by atoms with Gasteiger partial charge in [0.15, 0.2) is 0 Å². The lowest BCUT2D eigenvalue weighted by molar-refractivity contribution is -0.125. The molecule has 2 aromatic heterocycles. The molecule has 41 heavy (non-hydrogen) atoms. The van der Waals surface area contributed by atoms with E-state index in [1.807, 2.05) is 79.3 Å². The Labute approximate surface area is 239 Å². The molecule has 0 spiro atoms. The number of alkyl halides is 1. The average molecular weight is 559 g/mol. The Morgan fingerprint density at radius 2 is 1.76 bits per heavy atom. The highest BCUT2D eigenvalue weighted by Gasteiger charge is 2.41. The number of para-hydroxylation sites is 1. The molecule has 1 saturated carbocycles. The molecule has 0 unspecified atom stereocenters. The van der Waals surface area contributed by atoms with Crippen molar-refractivity contribution >= 4 is 22.7 Å². The number of nitrogens with one attached hydrogen (secondary N) is 2. The second kappa shape index (κ2) is 11.8. The molecule has 0 saturated heterocycles. The van der Waals surface area contributed by atoms with Crippen LogP contribution in [0.4, 0.5) is 8.78 Å². The third-order valence-electron chi connectivity index (χ3n) is 8.14. The van der Waals surface area contributed by atoms with Gasteiger partial charge in [0, 0.05) is 42.2 Å². The van der Waals surface area contributed by atoms with E-state index in [1.54, 1.807) is 19.1 Å². The average Bonchev–Trinajstić information content (AvgIpc) is 3.64. The zero-order valence-electron chi connectivity index (χ0n) is 23.7. The van der Waals surface area contributed by atoms with Crippen molar-refractivity contribution in [2.75, 3.05) is 6.54 Å². The van der Waals surface area contributed by atoms with Gasteiger partial charge < -0.3 is 15.2 Å². The predicted octanol–water partition coefficient (Wildman–Crippen LogP) is 5.69. The zero-order valence-corrected chi connectivity index (χ0v) is 23.7. The molecule has 4 aromatic rings. The van der Waals surface area contributed by atoms with Crippen molar-refractivity contribution in [3.05, 3.63) is 101 Å². The van der Waals surface area contributed by atoms with Crippen LogP contribution in [0.15, 0.2) is 72.9 Å². The summed E-state index contributed by atoms with van der Waals surface area (Å²) in [7, 11) is 1.92. The normalized spacial score (nSPS) is 16.1. The maximum Gasteiger partial charge on any atom is 0.224 e. The van der Waals surface area contributed by atoms with Gasteiger partial charge in [-0.1, -0.05) is 68.4 Å². The minimum absolute atomic E-state index is 0.0685. The van der Waals surface area contributed by atoms with Crippen LogP contribution in [0.25, 0.3) is 10.9 Å². The Bertz CT molecular complexity index is 1550. The molecule has 5 rings (SSSR count). The van der Waals surface area contributed by atoms with E-state index in [2.05, 4.69) is 15.6 Å². The van der Waals surface area contributed by atoms with Crippen LogP contribution in [-0.4, -0.2) is 34.1 Å². The molecule has 1 aliphatic carbocycles. The summed E-state index contributed by atoms with van der Waals surface area (Å²) in [6, 6.07) is 19.9. The fourth-order valence-electron chi connectivity index (χ4n) is 5.37. The topological polar surface area (TPSA) is 76.0 Å². The molecule has 0 aliphatic heterocycles. The van der Waals surface area contributed by atoms with Crippen LogP contribution >= 0.6 is 0 Å². The summed E-state index contributed by atoms with van der Waals surface area (Å²) >= 11 is 0. The van der Waals surface area contributed by atoms with Crippen LogP contribution in [0.1, 0.15) is 61.5 Å². The summed E-state index contributed by atoms with van der Waals surface area (Å²) < 4.78 is 31.9. The molecular formula is C33H36F2N4O2. The molecule has 8 heteroatoms. The van der Waals surface area contributed by atoms with Crippen LogP contribution < -0.4 is 10.6 Å². The number of fused-ring (bicyclic) bond motifs is 1. The number of rotatable bonds is 11. The second-order valence-electron chi connectivity index (χ2n) is 11.5. The number of benzene rings is 2. The zero-order chi connectivity index (χ0) is 29.1. The number of carbonyl (C=O) groups excluding carboxylic acids is 2. The van der Waals surface area contributed by atoms with Crippen LogP contribution in [-0.2, 0) is 28.5 Å². The smallest absolute Gasteiger partial charge is 0.224 e. The SMILES string of the molecule is C[C@@H](C[C@@H](F)CNC(=O)Cc1cn(C)c2ccccc12)C(=O)N[C@@H](c1ccccc1)c1ccc(C2(C)CC2)c(F)n1. The molecule has 3 atom stereocenters. The molecule has 214 valence electrons. The van der Waals surface area contributed by atoms with Gasteiger partial charge in [-0.3, -0.25) is 9.59 Å². The summed E-state index contributed by atoms with van der Waals surface area (Å²) in [5, 5.41) is 6.60. The minimum atomic E-state index is -1.41. The first-order valence-corrected chi connectivity index (χ1v) is 14.1. The number of aromatic nitrogens is 2. The van der Waals surface area contributed by atoms with Crippen LogP contribution in [0.5, 0.6) is 0 Å². The largest absolute Gasteiger partial charge is 0.353 e. The highest BCUT2D eigenvalue weighted by molar-refractivity contribution is 5.89. The Balaban J connectivity index is 1.19. The van der Waals surface area contributed by atoms with E-state index in [0.29, 0.717) is 11.3 Å². The van der Waals surface area contributed by atoms with E-state index in [-0.39, 0.29) is 36.6 Å². The number of carbonyl (C=O) groups is 2. The Hall–Kier alpha value is -4.07. The van der Waals surface area contributed by atoms with Crippen LogP contribution in [0.3, 0.4) is 0 Å². The first-order valence-electron chi connectivity index (χ1n) is 14.1. The van der Waals surface area contributed by atoms with Gasteiger partial charge in [0.05, 0.1) is 18.2 Å². The Kier molecular flexibility index (Phi) is 8.20. The lowest BCUT2D eigenvalue weighted by Gasteiger charge is -2.23. The maximum absolute atomic E-state index is 15.0. The molecule has 1 aliphatic rings. The molecule has 2 N–H and O–H groups in total. The van der Waals surface area contributed by atoms with E-state index in [0.717, 1.165) is 34.9 Å². The molecule has 6 nitrogen and oxygen atoms in total. The Morgan fingerprint density at radius 1 is 1.05 bits per heavy atom. The van der Waals surface area contributed by atoms with Crippen molar-refractivity contribution < 1.29 is 18.4 Å². The third-order valence-corrected chi connectivity index (χ3v) is 8.14. The Morgan fingerprint density at radius 3 is 2.46 bits per heavy atom. The summed E-state index contributed by atoms with van der Waals surface area (Å²) in [5.74, 6) is -1.85. The quantitative estimate of drug-likeness (QED) is 0.232. The number of halogens is 2. The first-order chi connectivity index (χ1) is 19.6. The highest BCUT2D eigenvalue weighted by atomic mass is 19.1. The number of hydrogen-bond donors (Lipinski definition) is 2. The van der Waals surface area contributed by atoms with Crippen molar-refractivity contribution in [1.82, 2.24) is 20.2 Å². The van der Waals surface area contributed by atoms with Gasteiger partial charge in [-0.2, -0.15) is 4.39 Å². The summed E-state index contributed by atoms with van der Waals surface area (Å²) in [6.45, 7) is 3.48. The van der Waals surface area contributed by atoms with Crippen molar-refractivity contribution in [3.8, 4) is 0 Å².